The zero-order chi connectivity index (χ0) is 13.8. The zero-order valence-electron chi connectivity index (χ0n) is 10.6. The number of aryl methyl sites for hydroxylation is 1. The van der Waals surface area contributed by atoms with E-state index in [0.29, 0.717) is 22.3 Å². The third-order valence-electron chi connectivity index (χ3n) is 2.42. The minimum atomic E-state index is 0.0327. The van der Waals surface area contributed by atoms with Crippen LogP contribution in [0.2, 0.25) is 0 Å². The first kappa shape index (κ1) is 13.2. The third-order valence-corrected chi connectivity index (χ3v) is 2.62. The van der Waals surface area contributed by atoms with Gasteiger partial charge in [0.15, 0.2) is 16.7 Å². The highest BCUT2D eigenvalue weighted by Crippen LogP contribution is 2.12. The highest BCUT2D eigenvalue weighted by molar-refractivity contribution is 7.80. The first-order valence-electron chi connectivity index (χ1n) is 5.67. The smallest absolute Gasteiger partial charge is 0.176 e. The maximum atomic E-state index is 11.1. The molecule has 0 saturated carbocycles. The SMILES string of the molecule is CC(=O)c1ccc(NC(=S)Nc2cc(C)on2)cc1. The van der Waals surface area contributed by atoms with Crippen LogP contribution >= 0.6 is 12.2 Å². The summed E-state index contributed by atoms with van der Waals surface area (Å²) >= 11 is 5.14. The number of hydrogen-bond donors (Lipinski definition) is 2. The highest BCUT2D eigenvalue weighted by Gasteiger charge is 2.04. The number of anilines is 2. The van der Waals surface area contributed by atoms with E-state index < -0.39 is 0 Å². The Morgan fingerprint density at radius 1 is 1.26 bits per heavy atom. The number of aromatic nitrogens is 1. The van der Waals surface area contributed by atoms with Gasteiger partial charge in [0.2, 0.25) is 0 Å². The molecule has 0 aliphatic carbocycles. The molecule has 0 fully saturated rings. The summed E-state index contributed by atoms with van der Waals surface area (Å²) < 4.78 is 4.92. The van der Waals surface area contributed by atoms with Crippen molar-refractivity contribution in [2.24, 2.45) is 0 Å². The minimum Gasteiger partial charge on any atom is -0.360 e. The second-order valence-electron chi connectivity index (χ2n) is 4.04. The lowest BCUT2D eigenvalue weighted by molar-refractivity contribution is 0.101. The fourth-order valence-electron chi connectivity index (χ4n) is 1.49. The number of ketones is 1. The Hall–Kier alpha value is -2.21. The van der Waals surface area contributed by atoms with Crippen molar-refractivity contribution in [3.8, 4) is 0 Å². The van der Waals surface area contributed by atoms with E-state index in [-0.39, 0.29) is 5.78 Å². The van der Waals surface area contributed by atoms with Crippen molar-refractivity contribution in [1.82, 2.24) is 5.16 Å². The maximum Gasteiger partial charge on any atom is 0.176 e. The number of nitrogens with zero attached hydrogens (tertiary/aromatic N) is 1. The molecule has 0 amide bonds. The molecule has 1 aromatic heterocycles. The van der Waals surface area contributed by atoms with Gasteiger partial charge in [-0.15, -0.1) is 0 Å². The van der Waals surface area contributed by atoms with Crippen LogP contribution in [-0.2, 0) is 0 Å². The van der Waals surface area contributed by atoms with Crippen LogP contribution in [0.25, 0.3) is 0 Å². The number of nitrogens with one attached hydrogen (secondary N) is 2. The Balaban J connectivity index is 1.97. The molecular formula is C13H13N3O2S. The van der Waals surface area contributed by atoms with Crippen LogP contribution in [-0.4, -0.2) is 16.1 Å². The lowest BCUT2D eigenvalue weighted by atomic mass is 10.1. The van der Waals surface area contributed by atoms with E-state index in [4.69, 9.17) is 16.7 Å². The summed E-state index contributed by atoms with van der Waals surface area (Å²) in [5.41, 5.74) is 1.46. The summed E-state index contributed by atoms with van der Waals surface area (Å²) in [4.78, 5) is 11.1. The summed E-state index contributed by atoms with van der Waals surface area (Å²) in [5, 5.41) is 10.1. The Bertz CT molecular complexity index is 605. The number of hydrogen-bond acceptors (Lipinski definition) is 4. The second kappa shape index (κ2) is 5.62. The van der Waals surface area contributed by atoms with Gasteiger partial charge in [0.1, 0.15) is 5.76 Å². The van der Waals surface area contributed by atoms with E-state index in [0.717, 1.165) is 5.69 Å². The Labute approximate surface area is 116 Å². The van der Waals surface area contributed by atoms with E-state index >= 15 is 0 Å². The van der Waals surface area contributed by atoms with Crippen molar-refractivity contribution in [3.05, 3.63) is 41.7 Å². The molecule has 0 unspecified atom stereocenters. The maximum absolute atomic E-state index is 11.1. The predicted octanol–water partition coefficient (Wildman–Crippen LogP) is 2.99. The predicted molar refractivity (Wildman–Crippen MR) is 77.5 cm³/mol. The topological polar surface area (TPSA) is 67.2 Å². The number of carbonyl (C=O) groups excluding carboxylic acids is 1. The van der Waals surface area contributed by atoms with Crippen molar-refractivity contribution in [2.45, 2.75) is 13.8 Å². The van der Waals surface area contributed by atoms with E-state index in [2.05, 4.69) is 15.8 Å². The van der Waals surface area contributed by atoms with Gasteiger partial charge in [0, 0.05) is 17.3 Å². The number of rotatable bonds is 3. The molecule has 0 radical (unpaired) electrons. The Morgan fingerprint density at radius 3 is 2.47 bits per heavy atom. The van der Waals surface area contributed by atoms with Crippen LogP contribution in [0.1, 0.15) is 23.0 Å². The van der Waals surface area contributed by atoms with Crippen LogP contribution in [0.15, 0.2) is 34.9 Å². The van der Waals surface area contributed by atoms with Gasteiger partial charge in [-0.05, 0) is 50.3 Å². The standard InChI is InChI=1S/C13H13N3O2S/c1-8-7-12(16-18-8)15-13(19)14-11-5-3-10(4-6-11)9(2)17/h3-7H,1-2H3,(H2,14,15,16,19). The molecule has 0 saturated heterocycles. The van der Waals surface area contributed by atoms with Gasteiger partial charge in [-0.25, -0.2) is 0 Å². The normalized spacial score (nSPS) is 10.0. The molecule has 0 aliphatic rings. The number of benzene rings is 1. The van der Waals surface area contributed by atoms with Gasteiger partial charge in [0.05, 0.1) is 0 Å². The minimum absolute atomic E-state index is 0.0327. The molecule has 19 heavy (non-hydrogen) atoms. The Kier molecular flexibility index (Phi) is 3.91. The van der Waals surface area contributed by atoms with Crippen LogP contribution in [0, 0.1) is 6.92 Å². The monoisotopic (exact) mass is 275 g/mol. The van der Waals surface area contributed by atoms with Crippen LogP contribution in [0.5, 0.6) is 0 Å². The molecule has 2 rings (SSSR count). The van der Waals surface area contributed by atoms with Crippen LogP contribution < -0.4 is 10.6 Å². The molecular weight excluding hydrogens is 262 g/mol. The fourth-order valence-corrected chi connectivity index (χ4v) is 1.71. The largest absolute Gasteiger partial charge is 0.360 e. The van der Waals surface area contributed by atoms with E-state index in [9.17, 15) is 4.79 Å². The summed E-state index contributed by atoms with van der Waals surface area (Å²) in [6, 6.07) is 8.81. The molecule has 1 aromatic carbocycles. The quantitative estimate of drug-likeness (QED) is 0.663. The molecule has 98 valence electrons. The average molecular weight is 275 g/mol. The van der Waals surface area contributed by atoms with Crippen molar-refractivity contribution in [3.63, 3.8) is 0 Å². The number of thiocarbonyl (C=S) groups is 1. The molecule has 0 bridgehead atoms. The highest BCUT2D eigenvalue weighted by atomic mass is 32.1. The van der Waals surface area contributed by atoms with Gasteiger partial charge in [-0.2, -0.15) is 0 Å². The molecule has 0 spiro atoms. The van der Waals surface area contributed by atoms with Gasteiger partial charge in [-0.1, -0.05) is 5.16 Å². The van der Waals surface area contributed by atoms with Crippen LogP contribution in [0.3, 0.4) is 0 Å². The summed E-state index contributed by atoms with van der Waals surface area (Å²) in [5.74, 6) is 1.29. The Morgan fingerprint density at radius 2 is 1.95 bits per heavy atom. The van der Waals surface area contributed by atoms with Gasteiger partial charge < -0.3 is 15.2 Å². The van der Waals surface area contributed by atoms with E-state index in [1.54, 1.807) is 37.3 Å². The third kappa shape index (κ3) is 3.62. The fraction of sp³-hybridized carbons (Fsp3) is 0.154. The van der Waals surface area contributed by atoms with Gasteiger partial charge in [-0.3, -0.25) is 4.79 Å². The molecule has 2 N–H and O–H groups in total. The lowest BCUT2D eigenvalue weighted by Crippen LogP contribution is -2.19. The summed E-state index contributed by atoms with van der Waals surface area (Å²) in [6.45, 7) is 3.33. The molecule has 6 heteroatoms. The van der Waals surface area contributed by atoms with Crippen molar-refractivity contribution >= 4 is 34.6 Å². The molecule has 5 nitrogen and oxygen atoms in total. The summed E-state index contributed by atoms with van der Waals surface area (Å²) in [7, 11) is 0. The van der Waals surface area contributed by atoms with Gasteiger partial charge in [0.25, 0.3) is 0 Å². The van der Waals surface area contributed by atoms with Crippen molar-refractivity contribution in [2.75, 3.05) is 10.6 Å². The molecule has 0 atom stereocenters. The van der Waals surface area contributed by atoms with Gasteiger partial charge >= 0.3 is 0 Å². The molecule has 1 heterocycles. The number of carbonyl (C=O) groups is 1. The lowest BCUT2D eigenvalue weighted by Gasteiger charge is -2.08. The van der Waals surface area contributed by atoms with Crippen LogP contribution in [0.4, 0.5) is 11.5 Å². The first-order chi connectivity index (χ1) is 9.04. The van der Waals surface area contributed by atoms with E-state index in [1.165, 1.54) is 6.92 Å². The zero-order valence-corrected chi connectivity index (χ0v) is 11.4. The van der Waals surface area contributed by atoms with Crippen molar-refractivity contribution < 1.29 is 9.32 Å². The van der Waals surface area contributed by atoms with Crippen molar-refractivity contribution in [1.29, 1.82) is 0 Å². The number of Topliss-reactive ketones (excluding diaryl/α,β-unsaturated/α-hetero) is 1. The molecule has 2 aromatic rings. The second-order valence-corrected chi connectivity index (χ2v) is 4.44. The molecule has 0 aliphatic heterocycles. The summed E-state index contributed by atoms with van der Waals surface area (Å²) in [6.07, 6.45) is 0. The van der Waals surface area contributed by atoms with E-state index in [1.807, 2.05) is 0 Å². The average Bonchev–Trinajstić information content (AvgIpc) is 2.75. The first-order valence-corrected chi connectivity index (χ1v) is 6.08.